The third-order valence-electron chi connectivity index (χ3n) is 1.80. The van der Waals surface area contributed by atoms with Crippen molar-refractivity contribution in [3.05, 3.63) is 6.33 Å². The number of hydrogen-bond acceptors (Lipinski definition) is 6. The molecular formula is C9H17N3OS2. The lowest BCUT2D eigenvalue weighted by Gasteiger charge is -2.16. The first-order chi connectivity index (χ1) is 7.36. The van der Waals surface area contributed by atoms with Crippen LogP contribution >= 0.6 is 23.3 Å². The van der Waals surface area contributed by atoms with E-state index in [1.807, 2.05) is 0 Å². The normalized spacial score (nSPS) is 12.9. The van der Waals surface area contributed by atoms with Crippen LogP contribution < -0.4 is 5.32 Å². The van der Waals surface area contributed by atoms with Crippen molar-refractivity contribution in [2.24, 2.45) is 0 Å². The minimum absolute atomic E-state index is 0.392. The average molecular weight is 247 g/mol. The maximum atomic E-state index is 5.16. The molecule has 6 heteroatoms. The second-order valence-corrected chi connectivity index (χ2v) is 5.17. The number of methoxy groups -OCH3 is 1. The van der Waals surface area contributed by atoms with Gasteiger partial charge < -0.3 is 10.1 Å². The van der Waals surface area contributed by atoms with Crippen LogP contribution in [0.15, 0.2) is 10.7 Å². The number of nitrogens with one attached hydrogen (secondary N) is 1. The van der Waals surface area contributed by atoms with E-state index in [1.165, 1.54) is 11.5 Å². The molecule has 1 aromatic rings. The van der Waals surface area contributed by atoms with Crippen molar-refractivity contribution in [1.29, 1.82) is 0 Å². The van der Waals surface area contributed by atoms with E-state index in [-0.39, 0.29) is 0 Å². The third kappa shape index (κ3) is 5.46. The van der Waals surface area contributed by atoms with E-state index in [4.69, 9.17) is 4.74 Å². The van der Waals surface area contributed by atoms with Crippen molar-refractivity contribution >= 4 is 23.3 Å². The fraction of sp³-hybridized carbons (Fsp3) is 0.778. The molecule has 0 fully saturated rings. The van der Waals surface area contributed by atoms with Crippen molar-refractivity contribution in [3.8, 4) is 0 Å². The quantitative estimate of drug-likeness (QED) is 0.708. The number of aromatic nitrogens is 2. The van der Waals surface area contributed by atoms with Crippen molar-refractivity contribution in [1.82, 2.24) is 14.7 Å². The summed E-state index contributed by atoms with van der Waals surface area (Å²) in [4.78, 5) is 4.13. The highest BCUT2D eigenvalue weighted by Crippen LogP contribution is 2.18. The first-order valence-corrected chi connectivity index (χ1v) is 6.74. The van der Waals surface area contributed by atoms with Crippen molar-refractivity contribution < 1.29 is 4.74 Å². The summed E-state index contributed by atoms with van der Waals surface area (Å²) in [5.74, 6) is 0.975. The maximum Gasteiger partial charge on any atom is 0.169 e. The highest BCUT2D eigenvalue weighted by atomic mass is 32.2. The molecule has 1 unspecified atom stereocenters. The van der Waals surface area contributed by atoms with E-state index >= 15 is 0 Å². The summed E-state index contributed by atoms with van der Waals surface area (Å²) in [6, 6.07) is 0.392. The molecule has 0 saturated carbocycles. The molecule has 0 aromatic carbocycles. The Labute approximate surface area is 99.0 Å². The molecule has 1 aromatic heterocycles. The lowest BCUT2D eigenvalue weighted by atomic mass is 10.3. The minimum atomic E-state index is 0.392. The van der Waals surface area contributed by atoms with Gasteiger partial charge in [-0.05, 0) is 24.5 Å². The predicted octanol–water partition coefficient (Wildman–Crippen LogP) is 1.64. The molecule has 15 heavy (non-hydrogen) atoms. The van der Waals surface area contributed by atoms with Crippen molar-refractivity contribution in [3.63, 3.8) is 0 Å². The first kappa shape index (κ1) is 12.9. The number of ether oxygens (including phenoxy) is 1. The molecule has 0 saturated heterocycles. The lowest BCUT2D eigenvalue weighted by Crippen LogP contribution is -2.35. The molecule has 0 aliphatic carbocycles. The topological polar surface area (TPSA) is 47.0 Å². The van der Waals surface area contributed by atoms with E-state index < -0.39 is 0 Å². The lowest BCUT2D eigenvalue weighted by molar-refractivity contribution is 0.174. The Morgan fingerprint density at radius 3 is 3.13 bits per heavy atom. The molecule has 0 spiro atoms. The molecule has 1 atom stereocenters. The molecule has 0 bridgehead atoms. The highest BCUT2D eigenvalue weighted by Gasteiger charge is 2.08. The van der Waals surface area contributed by atoms with Crippen molar-refractivity contribution in [2.45, 2.75) is 23.7 Å². The van der Waals surface area contributed by atoms with Gasteiger partial charge in [-0.3, -0.25) is 0 Å². The Hall–Kier alpha value is -0.170. The molecule has 0 aliphatic heterocycles. The Morgan fingerprint density at radius 2 is 2.53 bits per heavy atom. The summed E-state index contributed by atoms with van der Waals surface area (Å²) in [6.45, 7) is 3.94. The molecule has 1 heterocycles. The Balaban J connectivity index is 2.24. The summed E-state index contributed by atoms with van der Waals surface area (Å²) in [7, 11) is 1.73. The number of nitrogens with zero attached hydrogens (tertiary/aromatic N) is 2. The van der Waals surface area contributed by atoms with E-state index in [1.54, 1.807) is 25.2 Å². The van der Waals surface area contributed by atoms with Gasteiger partial charge in [-0.15, -0.1) is 0 Å². The summed E-state index contributed by atoms with van der Waals surface area (Å²) < 4.78 is 10.2. The smallest absolute Gasteiger partial charge is 0.169 e. The Morgan fingerprint density at radius 1 is 1.67 bits per heavy atom. The number of hydrogen-bond donors (Lipinski definition) is 1. The molecule has 0 amide bonds. The average Bonchev–Trinajstić information content (AvgIpc) is 2.75. The molecule has 86 valence electrons. The van der Waals surface area contributed by atoms with Crippen LogP contribution in [0.5, 0.6) is 0 Å². The zero-order valence-corrected chi connectivity index (χ0v) is 10.7. The van der Waals surface area contributed by atoms with Crippen LogP contribution in [0.25, 0.3) is 0 Å². The molecule has 4 nitrogen and oxygen atoms in total. The first-order valence-electron chi connectivity index (χ1n) is 4.98. The predicted molar refractivity (Wildman–Crippen MR) is 64.6 cm³/mol. The zero-order chi connectivity index (χ0) is 10.9. The van der Waals surface area contributed by atoms with Gasteiger partial charge in [-0.2, -0.15) is 4.37 Å². The SMILES string of the molecule is CCCNC(COC)CSc1ncns1. The van der Waals surface area contributed by atoms with E-state index in [0.29, 0.717) is 6.04 Å². The van der Waals surface area contributed by atoms with Gasteiger partial charge in [0.2, 0.25) is 0 Å². The van der Waals surface area contributed by atoms with Crippen molar-refractivity contribution in [2.75, 3.05) is 26.0 Å². The van der Waals surface area contributed by atoms with Gasteiger partial charge in [-0.1, -0.05) is 18.7 Å². The van der Waals surface area contributed by atoms with Crippen LogP contribution in [0.1, 0.15) is 13.3 Å². The van der Waals surface area contributed by atoms with Gasteiger partial charge in [-0.25, -0.2) is 4.98 Å². The van der Waals surface area contributed by atoms with Gasteiger partial charge in [0.25, 0.3) is 0 Å². The maximum absolute atomic E-state index is 5.16. The number of thioether (sulfide) groups is 1. The van der Waals surface area contributed by atoms with E-state index in [0.717, 1.165) is 29.7 Å². The van der Waals surface area contributed by atoms with Crippen LogP contribution in [-0.2, 0) is 4.74 Å². The van der Waals surface area contributed by atoms with Gasteiger partial charge >= 0.3 is 0 Å². The molecular weight excluding hydrogens is 230 g/mol. The fourth-order valence-electron chi connectivity index (χ4n) is 1.11. The molecule has 0 radical (unpaired) electrons. The highest BCUT2D eigenvalue weighted by molar-refractivity contribution is 8.00. The second kappa shape index (κ2) is 8.04. The van der Waals surface area contributed by atoms with Crippen LogP contribution in [0.3, 0.4) is 0 Å². The summed E-state index contributed by atoms with van der Waals surface area (Å²) in [6.07, 6.45) is 2.74. The number of rotatable bonds is 8. The van der Waals surface area contributed by atoms with Gasteiger partial charge in [0.05, 0.1) is 6.61 Å². The minimum Gasteiger partial charge on any atom is -0.383 e. The monoisotopic (exact) mass is 247 g/mol. The summed E-state index contributed by atoms with van der Waals surface area (Å²) in [5, 5.41) is 3.44. The van der Waals surface area contributed by atoms with Gasteiger partial charge in [0, 0.05) is 18.9 Å². The largest absolute Gasteiger partial charge is 0.383 e. The van der Waals surface area contributed by atoms with E-state index in [9.17, 15) is 0 Å². The zero-order valence-electron chi connectivity index (χ0n) is 9.10. The van der Waals surface area contributed by atoms with Gasteiger partial charge in [0.15, 0.2) is 4.34 Å². The standard InChI is InChI=1S/C9H17N3OS2/c1-3-4-10-8(5-13-2)6-14-9-11-7-12-15-9/h7-8,10H,3-6H2,1-2H3. The third-order valence-corrected chi connectivity index (χ3v) is 3.76. The molecule has 1 N–H and O–H groups in total. The summed E-state index contributed by atoms with van der Waals surface area (Å²) in [5.41, 5.74) is 0. The second-order valence-electron chi connectivity index (χ2n) is 3.12. The van der Waals surface area contributed by atoms with E-state index in [2.05, 4.69) is 21.6 Å². The van der Waals surface area contributed by atoms with Gasteiger partial charge in [0.1, 0.15) is 6.33 Å². The Kier molecular flexibility index (Phi) is 6.91. The van der Waals surface area contributed by atoms with Crippen LogP contribution in [0.4, 0.5) is 0 Å². The molecule has 1 rings (SSSR count). The fourth-order valence-corrected chi connectivity index (χ4v) is 2.62. The molecule has 0 aliphatic rings. The van der Waals surface area contributed by atoms with Crippen LogP contribution in [-0.4, -0.2) is 41.4 Å². The Bertz CT molecular complexity index is 244. The summed E-state index contributed by atoms with van der Waals surface area (Å²) >= 11 is 3.17. The van der Waals surface area contributed by atoms with Crippen LogP contribution in [0, 0.1) is 0 Å². The van der Waals surface area contributed by atoms with Crippen LogP contribution in [0.2, 0.25) is 0 Å².